The summed E-state index contributed by atoms with van der Waals surface area (Å²) in [6.45, 7) is 0. The van der Waals surface area contributed by atoms with Crippen LogP contribution in [0, 0.1) is 0 Å². The minimum Gasteiger partial charge on any atom is -0.447 e. The molecule has 5 rings (SSSR count). The lowest BCUT2D eigenvalue weighted by Gasteiger charge is -2.33. The van der Waals surface area contributed by atoms with Crippen molar-refractivity contribution in [3.05, 3.63) is 113 Å². The van der Waals surface area contributed by atoms with Crippen LogP contribution in [0.25, 0.3) is 17.1 Å². The molecule has 0 bridgehead atoms. The number of nitrogens with zero attached hydrogens (tertiary/aromatic N) is 3. The average molecular weight is 560 g/mol. The van der Waals surface area contributed by atoms with E-state index in [2.05, 4.69) is 31.3 Å². The van der Waals surface area contributed by atoms with Gasteiger partial charge in [0.1, 0.15) is 18.6 Å². The second-order valence-corrected chi connectivity index (χ2v) is 9.20. The summed E-state index contributed by atoms with van der Waals surface area (Å²) in [6.07, 6.45) is 5.98. The van der Waals surface area contributed by atoms with Gasteiger partial charge >= 0.3 is 11.7 Å². The number of nitrogens with two attached hydrogens (primary N) is 1. The molecule has 0 saturated carbocycles. The van der Waals surface area contributed by atoms with E-state index in [0.29, 0.717) is 5.82 Å². The van der Waals surface area contributed by atoms with Crippen LogP contribution in [0.4, 0.5) is 0 Å². The highest BCUT2D eigenvalue weighted by molar-refractivity contribution is 9.10. The van der Waals surface area contributed by atoms with Crippen LogP contribution in [0.3, 0.4) is 0 Å². The quantitative estimate of drug-likeness (QED) is 0.339. The molecule has 0 saturated heterocycles. The van der Waals surface area contributed by atoms with Gasteiger partial charge in [-0.05, 0) is 35.9 Å². The van der Waals surface area contributed by atoms with E-state index < -0.39 is 23.6 Å². The third-order valence-electron chi connectivity index (χ3n) is 5.91. The summed E-state index contributed by atoms with van der Waals surface area (Å²) in [6, 6.07) is 21.3. The molecule has 1 unspecified atom stereocenters. The van der Waals surface area contributed by atoms with Crippen LogP contribution in [0.1, 0.15) is 15.9 Å². The lowest BCUT2D eigenvalue weighted by molar-refractivity contribution is -0.182. The van der Waals surface area contributed by atoms with E-state index in [1.54, 1.807) is 24.5 Å². The number of pyridine rings is 1. The zero-order valence-electron chi connectivity index (χ0n) is 19.5. The van der Waals surface area contributed by atoms with Crippen molar-refractivity contribution in [3.8, 4) is 17.1 Å². The van der Waals surface area contributed by atoms with Gasteiger partial charge in [0.05, 0.1) is 11.3 Å². The van der Waals surface area contributed by atoms with Gasteiger partial charge in [0.15, 0.2) is 5.82 Å². The molecular formula is C27H22BrN5O4. The van der Waals surface area contributed by atoms with Gasteiger partial charge in [-0.1, -0.05) is 58.4 Å². The summed E-state index contributed by atoms with van der Waals surface area (Å²) < 4.78 is 13.5. The van der Waals surface area contributed by atoms with Crippen LogP contribution in [0.15, 0.2) is 102 Å². The van der Waals surface area contributed by atoms with Crippen LogP contribution in [-0.4, -0.2) is 38.4 Å². The number of rotatable bonds is 8. The monoisotopic (exact) mass is 559 g/mol. The molecule has 186 valence electrons. The molecule has 2 amide bonds. The van der Waals surface area contributed by atoms with E-state index in [-0.39, 0.29) is 12.0 Å². The topological polar surface area (TPSA) is 121 Å². The molecule has 37 heavy (non-hydrogen) atoms. The first-order valence-electron chi connectivity index (χ1n) is 11.4. The fourth-order valence-corrected chi connectivity index (χ4v) is 4.34. The molecule has 3 heterocycles. The van der Waals surface area contributed by atoms with Crippen LogP contribution >= 0.6 is 15.9 Å². The maximum absolute atomic E-state index is 13.6. The molecule has 1 aliphatic rings. The third-order valence-corrected chi connectivity index (χ3v) is 6.44. The highest BCUT2D eigenvalue weighted by atomic mass is 79.9. The minimum absolute atomic E-state index is 0.208. The number of aromatic nitrogens is 3. The van der Waals surface area contributed by atoms with Crippen molar-refractivity contribution in [1.82, 2.24) is 20.1 Å². The van der Waals surface area contributed by atoms with Gasteiger partial charge in [-0.2, -0.15) is 5.10 Å². The molecule has 0 aliphatic carbocycles. The molecule has 2 aromatic heterocycles. The van der Waals surface area contributed by atoms with E-state index in [0.717, 1.165) is 21.3 Å². The van der Waals surface area contributed by atoms with E-state index in [4.69, 9.17) is 15.2 Å². The van der Waals surface area contributed by atoms with Crippen molar-refractivity contribution in [2.75, 3.05) is 0 Å². The normalized spacial score (nSPS) is 14.4. The van der Waals surface area contributed by atoms with Crippen molar-refractivity contribution in [2.24, 2.45) is 5.73 Å². The van der Waals surface area contributed by atoms with Crippen molar-refractivity contribution in [2.45, 2.75) is 18.2 Å². The number of halogens is 1. The van der Waals surface area contributed by atoms with Gasteiger partial charge in [0.25, 0.3) is 5.91 Å². The fourth-order valence-electron chi connectivity index (χ4n) is 4.07. The average Bonchev–Trinajstić information content (AvgIpc) is 3.61. The smallest absolute Gasteiger partial charge is 0.352 e. The largest absolute Gasteiger partial charge is 0.447 e. The van der Waals surface area contributed by atoms with Crippen molar-refractivity contribution in [3.63, 3.8) is 0 Å². The Bertz CT molecular complexity index is 1450. The summed E-state index contributed by atoms with van der Waals surface area (Å²) in [5, 5.41) is 7.49. The molecule has 0 spiro atoms. The number of primary amides is 1. The van der Waals surface area contributed by atoms with Gasteiger partial charge in [-0.15, -0.1) is 0 Å². The molecule has 0 fully saturated rings. The van der Waals surface area contributed by atoms with E-state index in [1.165, 1.54) is 17.2 Å². The number of amides is 2. The Balaban J connectivity index is 1.46. The number of nitrogens with one attached hydrogen (secondary N) is 1. The van der Waals surface area contributed by atoms with Crippen molar-refractivity contribution < 1.29 is 19.1 Å². The number of ether oxygens (including phenoxy) is 2. The summed E-state index contributed by atoms with van der Waals surface area (Å²) in [5.74, 6) is -2.95. The summed E-state index contributed by atoms with van der Waals surface area (Å²) in [5.41, 5.74) is 8.44. The van der Waals surface area contributed by atoms with Gasteiger partial charge < -0.3 is 20.5 Å². The van der Waals surface area contributed by atoms with Crippen molar-refractivity contribution >= 4 is 27.7 Å². The highest BCUT2D eigenvalue weighted by Crippen LogP contribution is 2.28. The second-order valence-electron chi connectivity index (χ2n) is 8.28. The Morgan fingerprint density at radius 2 is 1.73 bits per heavy atom. The zero-order chi connectivity index (χ0) is 25.8. The molecule has 0 radical (unpaired) electrons. The maximum atomic E-state index is 13.6. The highest BCUT2D eigenvalue weighted by Gasteiger charge is 2.51. The summed E-state index contributed by atoms with van der Waals surface area (Å²) >= 11 is 3.41. The molecule has 2 aromatic carbocycles. The Labute approximate surface area is 221 Å². The van der Waals surface area contributed by atoms with E-state index in [9.17, 15) is 9.59 Å². The summed E-state index contributed by atoms with van der Waals surface area (Å²) in [4.78, 5) is 30.5. The van der Waals surface area contributed by atoms with Gasteiger partial charge in [0.2, 0.25) is 0 Å². The molecule has 3 N–H and O–H groups in total. The van der Waals surface area contributed by atoms with Gasteiger partial charge in [0, 0.05) is 28.9 Å². The molecule has 1 aliphatic heterocycles. The number of benzene rings is 2. The molecule has 10 heteroatoms. The number of hydrogen-bond donors (Lipinski definition) is 2. The fraction of sp³-hybridized carbons (Fsp3) is 0.111. The maximum Gasteiger partial charge on any atom is 0.352 e. The first-order chi connectivity index (χ1) is 18.0. The predicted octanol–water partition coefficient (Wildman–Crippen LogP) is 3.74. The number of hydrogen-bond acceptors (Lipinski definition) is 6. The lowest BCUT2D eigenvalue weighted by atomic mass is 9.97. The Morgan fingerprint density at radius 3 is 2.43 bits per heavy atom. The molecule has 4 aromatic rings. The standard InChI is InChI=1S/C27H22BrN5O4/c28-20-10-8-18(9-11-20)17-23(27(26(29)35)36-15-16-37-27)31-25(34)21-7-4-13-30-24(21)33-14-12-22(32-33)19-5-2-1-3-6-19/h1-16,23H,17H2,(H2,29,35)(H,31,34). The van der Waals surface area contributed by atoms with Crippen LogP contribution in [0.5, 0.6) is 0 Å². The third kappa shape index (κ3) is 4.96. The first kappa shape index (κ1) is 24.3. The minimum atomic E-state index is -1.91. The van der Waals surface area contributed by atoms with Crippen LogP contribution in [0.2, 0.25) is 0 Å². The Hall–Kier alpha value is -4.44. The van der Waals surface area contributed by atoms with Crippen LogP contribution < -0.4 is 11.1 Å². The SMILES string of the molecule is NC(=O)C1(C(Cc2ccc(Br)cc2)NC(=O)c2cccnc2-n2ccc(-c3ccccc3)n2)OC=CO1. The molecule has 1 atom stereocenters. The lowest BCUT2D eigenvalue weighted by Crippen LogP contribution is -2.61. The first-order valence-corrected chi connectivity index (χ1v) is 12.2. The van der Waals surface area contributed by atoms with E-state index in [1.807, 2.05) is 60.7 Å². The number of carbonyl (C=O) groups is 2. The zero-order valence-corrected chi connectivity index (χ0v) is 21.0. The Morgan fingerprint density at radius 1 is 1.00 bits per heavy atom. The molecular weight excluding hydrogens is 538 g/mol. The number of carbonyl (C=O) groups excluding carboxylic acids is 2. The van der Waals surface area contributed by atoms with Crippen LogP contribution in [-0.2, 0) is 20.7 Å². The Kier molecular flexibility index (Phi) is 6.74. The van der Waals surface area contributed by atoms with Gasteiger partial charge in [-0.3, -0.25) is 9.59 Å². The molecule has 9 nitrogen and oxygen atoms in total. The van der Waals surface area contributed by atoms with Crippen molar-refractivity contribution in [1.29, 1.82) is 0 Å². The van der Waals surface area contributed by atoms with E-state index >= 15 is 0 Å². The predicted molar refractivity (Wildman–Crippen MR) is 139 cm³/mol. The summed E-state index contributed by atoms with van der Waals surface area (Å²) in [7, 11) is 0. The second kappa shape index (κ2) is 10.3. The van der Waals surface area contributed by atoms with Gasteiger partial charge in [-0.25, -0.2) is 9.67 Å².